The van der Waals surface area contributed by atoms with Gasteiger partial charge >= 0.3 is 0 Å². The minimum atomic E-state index is -0.259. The van der Waals surface area contributed by atoms with E-state index in [1.54, 1.807) is 60.9 Å². The van der Waals surface area contributed by atoms with Crippen molar-refractivity contribution in [3.05, 3.63) is 90.9 Å². The summed E-state index contributed by atoms with van der Waals surface area (Å²) in [5.74, 6) is 1.31. The summed E-state index contributed by atoms with van der Waals surface area (Å²) >= 11 is 0. The highest BCUT2D eigenvalue weighted by Gasteiger charge is 2.34. The summed E-state index contributed by atoms with van der Waals surface area (Å²) in [5.41, 5.74) is 7.79. The van der Waals surface area contributed by atoms with E-state index in [4.69, 9.17) is 10.7 Å². The molecule has 39 heavy (non-hydrogen) atoms. The maximum Gasteiger partial charge on any atom is 0.256 e. The number of hydrogen-bond donors (Lipinski definition) is 2. The second-order valence-electron chi connectivity index (χ2n) is 9.56. The molecule has 10 nitrogen and oxygen atoms in total. The number of aliphatic imine (C=N–C) groups is 2. The molecular weight excluding hydrogens is 492 g/mol. The van der Waals surface area contributed by atoms with Gasteiger partial charge in [-0.05, 0) is 56.8 Å². The van der Waals surface area contributed by atoms with Crippen molar-refractivity contribution in [3.63, 3.8) is 0 Å². The second-order valence-corrected chi connectivity index (χ2v) is 9.56. The predicted octanol–water partition coefficient (Wildman–Crippen LogP) is 2.96. The number of likely N-dealkylation sites (N-methyl/N-ethyl adjacent to an activating group) is 1. The van der Waals surface area contributed by atoms with Crippen molar-refractivity contribution in [2.24, 2.45) is 15.7 Å². The summed E-state index contributed by atoms with van der Waals surface area (Å²) in [6.07, 6.45) is 10.2. The molecule has 2 aromatic rings. The molecule has 2 aliphatic rings. The molecule has 10 heteroatoms. The van der Waals surface area contributed by atoms with E-state index in [2.05, 4.69) is 21.9 Å². The third-order valence-electron chi connectivity index (χ3n) is 6.31. The fourth-order valence-corrected chi connectivity index (χ4v) is 4.37. The highest BCUT2D eigenvalue weighted by molar-refractivity contribution is 6.04. The zero-order valence-corrected chi connectivity index (χ0v) is 22.3. The van der Waals surface area contributed by atoms with Crippen LogP contribution in [0.25, 0.3) is 5.70 Å². The van der Waals surface area contributed by atoms with Crippen LogP contribution in [-0.4, -0.2) is 82.9 Å². The molecule has 0 bridgehead atoms. The first-order valence-corrected chi connectivity index (χ1v) is 12.8. The number of rotatable bonds is 8. The van der Waals surface area contributed by atoms with Gasteiger partial charge in [-0.25, -0.2) is 15.0 Å². The van der Waals surface area contributed by atoms with E-state index in [1.165, 1.54) is 0 Å². The Labute approximate surface area is 228 Å². The number of pyridine rings is 1. The van der Waals surface area contributed by atoms with Crippen molar-refractivity contribution in [1.29, 1.82) is 0 Å². The van der Waals surface area contributed by atoms with E-state index in [0.717, 1.165) is 18.4 Å². The topological polar surface area (TPSA) is 120 Å². The lowest BCUT2D eigenvalue weighted by molar-refractivity contribution is -0.125. The molecule has 0 radical (unpaired) electrons. The number of likely N-dealkylation sites (tertiary alicyclic amines) is 1. The van der Waals surface area contributed by atoms with Crippen LogP contribution < -0.4 is 11.1 Å². The lowest BCUT2D eigenvalue weighted by Gasteiger charge is -2.32. The van der Waals surface area contributed by atoms with Gasteiger partial charge in [0.1, 0.15) is 17.5 Å². The first kappa shape index (κ1) is 27.5. The number of carbonyl (C=O) groups is 2. The van der Waals surface area contributed by atoms with Gasteiger partial charge in [0, 0.05) is 43.3 Å². The van der Waals surface area contributed by atoms with Crippen LogP contribution in [0.1, 0.15) is 28.8 Å². The predicted molar refractivity (Wildman–Crippen MR) is 155 cm³/mol. The molecule has 2 amide bonds. The summed E-state index contributed by atoms with van der Waals surface area (Å²) in [6.45, 7) is 5.88. The fourth-order valence-electron chi connectivity index (χ4n) is 4.37. The molecule has 1 fully saturated rings. The Morgan fingerprint density at radius 3 is 2.67 bits per heavy atom. The van der Waals surface area contributed by atoms with Gasteiger partial charge in [-0.2, -0.15) is 0 Å². The van der Waals surface area contributed by atoms with Gasteiger partial charge in [-0.1, -0.05) is 30.9 Å². The van der Waals surface area contributed by atoms with E-state index >= 15 is 0 Å². The molecule has 0 unspecified atom stereocenters. The van der Waals surface area contributed by atoms with Crippen LogP contribution in [0, 0.1) is 0 Å². The minimum absolute atomic E-state index is 0.0523. The highest BCUT2D eigenvalue weighted by Crippen LogP contribution is 2.25. The maximum absolute atomic E-state index is 13.1. The number of carbonyl (C=O) groups excluding carboxylic acids is 2. The highest BCUT2D eigenvalue weighted by atomic mass is 16.2. The Morgan fingerprint density at radius 1 is 1.21 bits per heavy atom. The number of anilines is 1. The zero-order valence-electron chi connectivity index (χ0n) is 22.3. The molecule has 1 saturated heterocycles. The number of benzene rings is 1. The Morgan fingerprint density at radius 2 is 1.97 bits per heavy atom. The van der Waals surface area contributed by atoms with Crippen molar-refractivity contribution in [2.75, 3.05) is 39.0 Å². The Hall–Kier alpha value is -4.57. The van der Waals surface area contributed by atoms with E-state index in [9.17, 15) is 9.59 Å². The molecule has 2 aliphatic heterocycles. The van der Waals surface area contributed by atoms with E-state index < -0.39 is 0 Å². The van der Waals surface area contributed by atoms with Gasteiger partial charge in [-0.3, -0.25) is 9.59 Å². The van der Waals surface area contributed by atoms with Crippen molar-refractivity contribution in [3.8, 4) is 0 Å². The first-order valence-electron chi connectivity index (χ1n) is 12.8. The third kappa shape index (κ3) is 7.26. The van der Waals surface area contributed by atoms with Crippen LogP contribution in [0.15, 0.2) is 89.8 Å². The average Bonchev–Trinajstić information content (AvgIpc) is 3.42. The molecule has 3 N–H and O–H groups in total. The lowest BCUT2D eigenvalue weighted by Crippen LogP contribution is -2.48. The Balaban J connectivity index is 1.55. The minimum Gasteiger partial charge on any atom is -0.386 e. The molecule has 1 aromatic carbocycles. The molecule has 0 aliphatic carbocycles. The number of hydrogen-bond acceptors (Lipinski definition) is 7. The Kier molecular flexibility index (Phi) is 9.01. The second kappa shape index (κ2) is 12.8. The standard InChI is InChI=1S/C29H34N8O2/c1-21(22-11-13-23(14-12-22)29(39)34-26-9-4-5-15-32-26)33-28(36-19-16-31-25(30)20-36)24-8-6-18-37(24)27(38)10-7-17-35(2)3/h4-5,7,9-16,19,24H,1,6,8,17-18,20H2,2-3H3,(H2,30,31)(H,32,34,39)/b10-7+,33-28?/t24-/m0/s1. The van der Waals surface area contributed by atoms with Gasteiger partial charge in [0.05, 0.1) is 18.3 Å². The van der Waals surface area contributed by atoms with Gasteiger partial charge in [0.25, 0.3) is 5.91 Å². The van der Waals surface area contributed by atoms with Crippen molar-refractivity contribution in [1.82, 2.24) is 19.7 Å². The monoisotopic (exact) mass is 526 g/mol. The van der Waals surface area contributed by atoms with Crippen LogP contribution in [0.5, 0.6) is 0 Å². The van der Waals surface area contributed by atoms with E-state index in [1.807, 2.05) is 41.1 Å². The quantitative estimate of drug-likeness (QED) is 0.310. The molecule has 1 atom stereocenters. The van der Waals surface area contributed by atoms with Gasteiger partial charge < -0.3 is 25.8 Å². The van der Waals surface area contributed by atoms with Crippen LogP contribution in [-0.2, 0) is 4.79 Å². The number of nitrogens with two attached hydrogens (primary N) is 1. The van der Waals surface area contributed by atoms with Gasteiger partial charge in [-0.15, -0.1) is 0 Å². The van der Waals surface area contributed by atoms with Gasteiger partial charge in [0.15, 0.2) is 0 Å². The summed E-state index contributed by atoms with van der Waals surface area (Å²) in [5, 5.41) is 2.78. The smallest absolute Gasteiger partial charge is 0.256 e. The number of aromatic nitrogens is 1. The summed E-state index contributed by atoms with van der Waals surface area (Å²) < 4.78 is 0. The van der Waals surface area contributed by atoms with E-state index in [0.29, 0.717) is 48.4 Å². The lowest BCUT2D eigenvalue weighted by atomic mass is 10.1. The normalized spacial score (nSPS) is 17.6. The molecule has 3 heterocycles. The van der Waals surface area contributed by atoms with Crippen LogP contribution in [0.4, 0.5) is 5.82 Å². The third-order valence-corrected chi connectivity index (χ3v) is 6.31. The summed E-state index contributed by atoms with van der Waals surface area (Å²) in [4.78, 5) is 44.7. The molecular formula is C29H34N8O2. The summed E-state index contributed by atoms with van der Waals surface area (Å²) in [7, 11) is 3.91. The maximum atomic E-state index is 13.1. The molecule has 0 spiro atoms. The first-order chi connectivity index (χ1) is 18.8. The summed E-state index contributed by atoms with van der Waals surface area (Å²) in [6, 6.07) is 12.1. The molecule has 4 rings (SSSR count). The molecule has 202 valence electrons. The largest absolute Gasteiger partial charge is 0.386 e. The number of nitrogens with zero attached hydrogens (tertiary/aromatic N) is 6. The molecule has 0 saturated carbocycles. The number of amides is 2. The zero-order chi connectivity index (χ0) is 27.8. The van der Waals surface area contributed by atoms with Crippen LogP contribution in [0.3, 0.4) is 0 Å². The Bertz CT molecular complexity index is 1310. The number of nitrogens with one attached hydrogen (secondary N) is 1. The average molecular weight is 527 g/mol. The van der Waals surface area contributed by atoms with Gasteiger partial charge in [0.2, 0.25) is 5.91 Å². The van der Waals surface area contributed by atoms with Crippen LogP contribution in [0.2, 0.25) is 0 Å². The SMILES string of the molecule is C=C(N=C([C@@H]1CCCN1C(=O)/C=C/CN(C)C)N1C=CN=C(N)C1)c1ccc(C(=O)Nc2ccccn2)cc1. The van der Waals surface area contributed by atoms with Crippen LogP contribution >= 0.6 is 0 Å². The van der Waals surface area contributed by atoms with E-state index in [-0.39, 0.29) is 17.9 Å². The fraction of sp³-hybridized carbons (Fsp3) is 0.276. The van der Waals surface area contributed by atoms with Crippen molar-refractivity contribution in [2.45, 2.75) is 18.9 Å². The van der Waals surface area contributed by atoms with Crippen molar-refractivity contribution >= 4 is 35.0 Å². The molecule has 1 aromatic heterocycles. The number of amidine groups is 2. The van der Waals surface area contributed by atoms with Crippen molar-refractivity contribution < 1.29 is 9.59 Å².